The zero-order valence-corrected chi connectivity index (χ0v) is 13.5. The van der Waals surface area contributed by atoms with Gasteiger partial charge in [-0.25, -0.2) is 13.8 Å². The van der Waals surface area contributed by atoms with Gasteiger partial charge in [0.25, 0.3) is 5.69 Å². The van der Waals surface area contributed by atoms with Crippen LogP contribution in [-0.2, 0) is 0 Å². The summed E-state index contributed by atoms with van der Waals surface area (Å²) in [6.07, 6.45) is 3.35. The van der Waals surface area contributed by atoms with E-state index in [0.717, 1.165) is 30.0 Å². The number of nitrogens with zero attached hydrogens (tertiary/aromatic N) is 3. The highest BCUT2D eigenvalue weighted by Gasteiger charge is 2.13. The van der Waals surface area contributed by atoms with Gasteiger partial charge in [0.2, 0.25) is 0 Å². The number of benzene rings is 2. The Kier molecular flexibility index (Phi) is 5.86. The van der Waals surface area contributed by atoms with Crippen molar-refractivity contribution in [2.45, 2.75) is 0 Å². The highest BCUT2D eigenvalue weighted by atomic mass is 32.2. The van der Waals surface area contributed by atoms with Gasteiger partial charge >= 0.3 is 0 Å². The molecule has 0 unspecified atom stereocenters. The van der Waals surface area contributed by atoms with E-state index in [1.807, 2.05) is 0 Å². The maximum absolute atomic E-state index is 13.7. The summed E-state index contributed by atoms with van der Waals surface area (Å²) in [7, 11) is 0. The standard InChI is InChI=1S/C15H10F2N4O3S/c1-25-15(19-8-18)20-10-5-11(21(22)23)7-12(6-10)24-14-3-2-9(16)4-13(14)17/h2-7H,1H3,(H,19,20). The Hall–Kier alpha value is -3.19. The molecule has 0 fully saturated rings. The Bertz CT molecular complexity index is 884. The van der Waals surface area contributed by atoms with Crippen LogP contribution in [0.25, 0.3) is 0 Å². The lowest BCUT2D eigenvalue weighted by molar-refractivity contribution is -0.384. The molecule has 0 saturated heterocycles. The number of hydrogen-bond acceptors (Lipinski definition) is 6. The maximum Gasteiger partial charge on any atom is 0.275 e. The van der Waals surface area contributed by atoms with Gasteiger partial charge in [0.1, 0.15) is 11.6 Å². The Balaban J connectivity index is 2.44. The molecule has 0 atom stereocenters. The molecule has 1 N–H and O–H groups in total. The quantitative estimate of drug-likeness (QED) is 0.219. The van der Waals surface area contributed by atoms with Crippen LogP contribution >= 0.6 is 11.8 Å². The fourth-order valence-corrected chi connectivity index (χ4v) is 2.12. The zero-order chi connectivity index (χ0) is 18.4. The largest absolute Gasteiger partial charge is 0.454 e. The SMILES string of the molecule is CSC(=Nc1cc(Oc2ccc(F)cc2F)cc([N+](=O)[O-])c1)NC#N. The van der Waals surface area contributed by atoms with E-state index in [2.05, 4.69) is 10.3 Å². The number of hydrogen-bond donors (Lipinski definition) is 1. The van der Waals surface area contributed by atoms with E-state index in [0.29, 0.717) is 6.07 Å². The lowest BCUT2D eigenvalue weighted by Crippen LogP contribution is -2.12. The minimum atomic E-state index is -0.951. The third-order valence-electron chi connectivity index (χ3n) is 2.80. The van der Waals surface area contributed by atoms with Gasteiger partial charge in [-0.15, -0.1) is 0 Å². The third-order valence-corrected chi connectivity index (χ3v) is 3.38. The van der Waals surface area contributed by atoms with Crippen LogP contribution in [0.2, 0.25) is 0 Å². The van der Waals surface area contributed by atoms with Gasteiger partial charge in [-0.1, -0.05) is 11.8 Å². The molecule has 0 bridgehead atoms. The number of rotatable bonds is 4. The summed E-state index contributed by atoms with van der Waals surface area (Å²) in [6, 6.07) is 6.27. The molecule has 7 nitrogen and oxygen atoms in total. The van der Waals surface area contributed by atoms with Crippen molar-refractivity contribution in [1.82, 2.24) is 5.32 Å². The van der Waals surface area contributed by atoms with Crippen molar-refractivity contribution in [2.75, 3.05) is 6.26 Å². The summed E-state index contributed by atoms with van der Waals surface area (Å²) in [4.78, 5) is 14.4. The number of halogens is 2. The highest BCUT2D eigenvalue weighted by Crippen LogP contribution is 2.32. The molecule has 0 aliphatic carbocycles. The molecule has 0 aromatic heterocycles. The molecule has 10 heteroatoms. The minimum Gasteiger partial charge on any atom is -0.454 e. The molecule has 0 radical (unpaired) electrons. The fourth-order valence-electron chi connectivity index (χ4n) is 1.77. The van der Waals surface area contributed by atoms with Gasteiger partial charge in [-0.05, 0) is 18.4 Å². The van der Waals surface area contributed by atoms with Crippen LogP contribution in [0.4, 0.5) is 20.2 Å². The summed E-state index contributed by atoms with van der Waals surface area (Å²) in [5.41, 5.74) is -0.213. The topological polar surface area (TPSA) is 101 Å². The number of nitro benzene ring substituents is 1. The van der Waals surface area contributed by atoms with Crippen LogP contribution in [-0.4, -0.2) is 16.3 Å². The Labute approximate surface area is 145 Å². The first-order chi connectivity index (χ1) is 11.9. The molecule has 128 valence electrons. The fraction of sp³-hybridized carbons (Fsp3) is 0.0667. The van der Waals surface area contributed by atoms with Crippen LogP contribution < -0.4 is 10.1 Å². The number of nitrogens with one attached hydrogen (secondary N) is 1. The van der Waals surface area contributed by atoms with E-state index in [9.17, 15) is 18.9 Å². The van der Waals surface area contributed by atoms with Crippen molar-refractivity contribution in [2.24, 2.45) is 4.99 Å². The summed E-state index contributed by atoms with van der Waals surface area (Å²) in [5.74, 6) is -2.08. The van der Waals surface area contributed by atoms with Gasteiger partial charge in [-0.3, -0.25) is 15.4 Å². The Morgan fingerprint density at radius 3 is 2.72 bits per heavy atom. The van der Waals surface area contributed by atoms with E-state index < -0.39 is 16.6 Å². The van der Waals surface area contributed by atoms with Crippen LogP contribution in [0, 0.1) is 33.2 Å². The summed E-state index contributed by atoms with van der Waals surface area (Å²) in [6.45, 7) is 0. The molecular weight excluding hydrogens is 354 g/mol. The van der Waals surface area contributed by atoms with E-state index in [1.54, 1.807) is 12.4 Å². The number of amidine groups is 1. The average molecular weight is 364 g/mol. The number of nitro groups is 1. The molecule has 0 aliphatic heterocycles. The molecule has 0 heterocycles. The number of non-ortho nitro benzene ring substituents is 1. The maximum atomic E-state index is 13.7. The molecular formula is C15H10F2N4O3S. The van der Waals surface area contributed by atoms with Crippen molar-refractivity contribution >= 4 is 28.3 Å². The zero-order valence-electron chi connectivity index (χ0n) is 12.7. The van der Waals surface area contributed by atoms with E-state index in [1.165, 1.54) is 12.1 Å². The van der Waals surface area contributed by atoms with E-state index in [-0.39, 0.29) is 28.0 Å². The van der Waals surface area contributed by atoms with Gasteiger partial charge in [-0.2, -0.15) is 5.26 Å². The van der Waals surface area contributed by atoms with Gasteiger partial charge in [0, 0.05) is 18.2 Å². The van der Waals surface area contributed by atoms with Crippen molar-refractivity contribution in [3.63, 3.8) is 0 Å². The van der Waals surface area contributed by atoms with Crippen molar-refractivity contribution in [3.8, 4) is 17.7 Å². The number of thioether (sulfide) groups is 1. The second kappa shape index (κ2) is 8.07. The first-order valence-corrected chi connectivity index (χ1v) is 7.85. The van der Waals surface area contributed by atoms with Crippen molar-refractivity contribution < 1.29 is 18.4 Å². The Morgan fingerprint density at radius 2 is 2.12 bits per heavy atom. The van der Waals surface area contributed by atoms with Gasteiger partial charge < -0.3 is 4.74 Å². The molecule has 0 aliphatic rings. The molecule has 2 rings (SSSR count). The molecule has 2 aromatic carbocycles. The predicted octanol–water partition coefficient (Wildman–Crippen LogP) is 4.09. The lowest BCUT2D eigenvalue weighted by atomic mass is 10.2. The normalized spacial score (nSPS) is 10.9. The Morgan fingerprint density at radius 1 is 1.36 bits per heavy atom. The first-order valence-electron chi connectivity index (χ1n) is 6.63. The second-order valence-electron chi connectivity index (χ2n) is 4.48. The molecule has 25 heavy (non-hydrogen) atoms. The third kappa shape index (κ3) is 4.89. The highest BCUT2D eigenvalue weighted by molar-refractivity contribution is 8.13. The van der Waals surface area contributed by atoms with Crippen LogP contribution in [0.5, 0.6) is 11.5 Å². The summed E-state index contributed by atoms with van der Waals surface area (Å²) >= 11 is 1.12. The summed E-state index contributed by atoms with van der Waals surface area (Å²) < 4.78 is 31.9. The molecule has 0 spiro atoms. The van der Waals surface area contributed by atoms with Gasteiger partial charge in [0.15, 0.2) is 22.9 Å². The number of ether oxygens (including phenoxy) is 1. The minimum absolute atomic E-state index is 0.0594. The predicted molar refractivity (Wildman–Crippen MR) is 88.9 cm³/mol. The van der Waals surface area contributed by atoms with Crippen molar-refractivity contribution in [1.29, 1.82) is 5.26 Å². The summed E-state index contributed by atoms with van der Waals surface area (Å²) in [5, 5.41) is 22.2. The van der Waals surface area contributed by atoms with E-state index in [4.69, 9.17) is 10.00 Å². The average Bonchev–Trinajstić information content (AvgIpc) is 2.56. The number of nitriles is 1. The second-order valence-corrected chi connectivity index (χ2v) is 5.27. The molecule has 0 amide bonds. The lowest BCUT2D eigenvalue weighted by Gasteiger charge is -2.08. The van der Waals surface area contributed by atoms with E-state index >= 15 is 0 Å². The van der Waals surface area contributed by atoms with Crippen LogP contribution in [0.1, 0.15) is 0 Å². The number of aliphatic imine (C=N–C) groups is 1. The molecule has 0 saturated carbocycles. The monoisotopic (exact) mass is 364 g/mol. The first kappa shape index (κ1) is 18.2. The van der Waals surface area contributed by atoms with Crippen LogP contribution in [0.3, 0.4) is 0 Å². The van der Waals surface area contributed by atoms with Crippen LogP contribution in [0.15, 0.2) is 41.4 Å². The van der Waals surface area contributed by atoms with Gasteiger partial charge in [0.05, 0.1) is 16.7 Å². The molecule has 2 aromatic rings. The van der Waals surface area contributed by atoms with Crippen molar-refractivity contribution in [3.05, 3.63) is 58.1 Å². The smallest absolute Gasteiger partial charge is 0.275 e.